The van der Waals surface area contributed by atoms with Crippen LogP contribution in [0.25, 0.3) is 0 Å². The first kappa shape index (κ1) is 82.5. The van der Waals surface area contributed by atoms with Crippen LogP contribution < -0.4 is 0 Å². The molecular formula is C100H114O16. The lowest BCUT2D eigenvalue weighted by Gasteiger charge is -2.65. The summed E-state index contributed by atoms with van der Waals surface area (Å²) >= 11 is 0. The lowest BCUT2D eigenvalue weighted by atomic mass is 9.43. The van der Waals surface area contributed by atoms with E-state index >= 15 is 0 Å². The second-order valence-corrected chi connectivity index (χ2v) is 33.2. The molecule has 2 heterocycles. The maximum Gasteiger partial charge on any atom is 0.338 e. The summed E-state index contributed by atoms with van der Waals surface area (Å²) in [4.78, 5) is 27.8. The summed E-state index contributed by atoms with van der Waals surface area (Å²) in [6.45, 7) is 9.79. The summed E-state index contributed by atoms with van der Waals surface area (Å²) in [6.07, 6.45) is -3.46. The van der Waals surface area contributed by atoms with E-state index in [4.69, 9.17) is 66.3 Å². The molecule has 116 heavy (non-hydrogen) atoms. The van der Waals surface area contributed by atoms with Gasteiger partial charge in [-0.25, -0.2) is 4.79 Å². The van der Waals surface area contributed by atoms with Crippen molar-refractivity contribution in [3.8, 4) is 0 Å². The number of fused-ring (bicyclic) bond motifs is 5. The second-order valence-electron chi connectivity index (χ2n) is 33.2. The normalized spacial score (nSPS) is 29.8. The van der Waals surface area contributed by atoms with Gasteiger partial charge in [0.25, 0.3) is 0 Å². The third-order valence-electron chi connectivity index (χ3n) is 26.0. The van der Waals surface area contributed by atoms with Crippen molar-refractivity contribution in [3.05, 3.63) is 323 Å². The molecule has 0 unspecified atom stereocenters. The van der Waals surface area contributed by atoms with E-state index in [1.54, 1.807) is 0 Å². The molecule has 4 saturated carbocycles. The zero-order valence-corrected chi connectivity index (χ0v) is 67.4. The second kappa shape index (κ2) is 40.3. The van der Waals surface area contributed by atoms with Crippen LogP contribution in [-0.2, 0) is 124 Å². The first-order chi connectivity index (χ1) is 56.9. The van der Waals surface area contributed by atoms with Crippen LogP contribution in [0.4, 0.5) is 0 Å². The fraction of sp³-hybridized carbons (Fsp3) is 0.440. The molecule has 0 N–H and O–H groups in total. The van der Waals surface area contributed by atoms with E-state index in [0.717, 1.165) is 63.8 Å². The number of ether oxygens (including phenoxy) is 14. The number of hydrogen-bond acceptors (Lipinski definition) is 16. The summed E-state index contributed by atoms with van der Waals surface area (Å²) in [7, 11) is 1.47. The zero-order chi connectivity index (χ0) is 79.5. The van der Waals surface area contributed by atoms with Crippen LogP contribution in [0.1, 0.15) is 133 Å². The number of hydrogen-bond donors (Lipinski definition) is 0. The van der Waals surface area contributed by atoms with Crippen molar-refractivity contribution < 1.29 is 75.9 Å². The molecule has 0 bridgehead atoms. The van der Waals surface area contributed by atoms with E-state index in [9.17, 15) is 9.59 Å². The first-order valence-electron chi connectivity index (χ1n) is 42.0. The average Bonchev–Trinajstić information content (AvgIpc) is 1.46. The van der Waals surface area contributed by atoms with Crippen LogP contribution in [0.3, 0.4) is 0 Å². The van der Waals surface area contributed by atoms with E-state index in [-0.39, 0.29) is 118 Å². The number of carbonyl (C=O) groups is 2. The van der Waals surface area contributed by atoms with Gasteiger partial charge in [0, 0.05) is 11.8 Å². The quantitative estimate of drug-likeness (QED) is 0.0269. The number of benzene rings is 9. The van der Waals surface area contributed by atoms with Crippen molar-refractivity contribution in [1.29, 1.82) is 0 Å². The lowest BCUT2D eigenvalue weighted by molar-refractivity contribution is -0.362. The molecule has 0 radical (unpaired) electrons. The standard InChI is InChI=1S/C100H114O16/c1-69(50-53-88(101)103-4)81-51-52-82-89-83(58-87(100(81,82)3)116-98-95(111-66-77-46-28-12-29-47-77)93(109-64-75-42-24-10-25-43-75)91(107-62-73-38-20-8-21-39-73)86(115-98)68-105-60-71-34-16-6-17-35-71)99(2)55-54-80(112-96(102)78-48-30-13-31-49-78)56-79(99)57-84(89)113-97-94(110-65-76-44-26-11-27-45-76)92(108-63-74-40-22-9-23-41-74)90(106-61-72-36-18-7-19-37-72)85(114-97)67-104-59-70-32-14-5-15-33-70/h5-49,69,79-87,89-95,97-98H,50-68H2,1-4H3/t69-,79-,80-,81-,82+,83+,84-,85-,86-,87+,89+,90-,91-,92+,93+,94-,95-,97+,98-,99+,100-/m1/s1. The molecule has 9 aromatic carbocycles. The van der Waals surface area contributed by atoms with Gasteiger partial charge in [-0.05, 0) is 149 Å². The van der Waals surface area contributed by atoms with Crippen molar-refractivity contribution in [3.63, 3.8) is 0 Å². The van der Waals surface area contributed by atoms with Crippen LogP contribution in [0, 0.1) is 46.3 Å². The fourth-order valence-corrected chi connectivity index (χ4v) is 20.0. The minimum absolute atomic E-state index is 0.0149. The molecule has 610 valence electrons. The van der Waals surface area contributed by atoms with Gasteiger partial charge < -0.3 is 66.3 Å². The summed E-state index contributed by atoms with van der Waals surface area (Å²) in [5.74, 6) is -0.648. The Kier molecular flexibility index (Phi) is 28.6. The van der Waals surface area contributed by atoms with Gasteiger partial charge in [0.2, 0.25) is 0 Å². The molecule has 0 amide bonds. The highest BCUT2D eigenvalue weighted by molar-refractivity contribution is 5.89. The molecule has 9 aromatic rings. The van der Waals surface area contributed by atoms with Crippen LogP contribution in [0.2, 0.25) is 0 Å². The Balaban J connectivity index is 0.848. The summed E-state index contributed by atoms with van der Waals surface area (Å²) < 4.78 is 102. The highest BCUT2D eigenvalue weighted by Gasteiger charge is 2.68. The van der Waals surface area contributed by atoms with Crippen molar-refractivity contribution in [2.24, 2.45) is 46.3 Å². The Hall–Kier alpha value is -8.56. The van der Waals surface area contributed by atoms with Gasteiger partial charge in [-0.1, -0.05) is 282 Å². The molecule has 2 saturated heterocycles. The summed E-state index contributed by atoms with van der Waals surface area (Å²) in [6, 6.07) is 91.1. The Morgan fingerprint density at radius 3 is 1.19 bits per heavy atom. The van der Waals surface area contributed by atoms with Crippen molar-refractivity contribution in [1.82, 2.24) is 0 Å². The van der Waals surface area contributed by atoms with Gasteiger partial charge in [0.1, 0.15) is 54.9 Å². The summed E-state index contributed by atoms with van der Waals surface area (Å²) in [5.41, 5.74) is 7.59. The Morgan fingerprint density at radius 1 is 0.414 bits per heavy atom. The van der Waals surface area contributed by atoms with Gasteiger partial charge in [-0.15, -0.1) is 0 Å². The molecule has 2 aliphatic heterocycles. The zero-order valence-electron chi connectivity index (χ0n) is 67.4. The Bertz CT molecular complexity index is 4410. The largest absolute Gasteiger partial charge is 0.469 e. The third-order valence-corrected chi connectivity index (χ3v) is 26.0. The molecule has 21 atom stereocenters. The molecule has 0 spiro atoms. The molecule has 0 aromatic heterocycles. The van der Waals surface area contributed by atoms with Gasteiger partial charge in [0.05, 0.1) is 91.0 Å². The maximum absolute atomic E-state index is 14.4. The van der Waals surface area contributed by atoms with Crippen LogP contribution in [0.15, 0.2) is 273 Å². The molecule has 6 aliphatic rings. The topological polar surface area (TPSA) is 163 Å². The molecular weight excluding hydrogens is 1460 g/mol. The predicted molar refractivity (Wildman–Crippen MR) is 441 cm³/mol. The smallest absolute Gasteiger partial charge is 0.338 e. The van der Waals surface area contributed by atoms with E-state index in [0.29, 0.717) is 50.9 Å². The van der Waals surface area contributed by atoms with E-state index in [2.05, 4.69) is 118 Å². The highest BCUT2D eigenvalue weighted by atomic mass is 16.7. The van der Waals surface area contributed by atoms with E-state index in [1.165, 1.54) is 7.11 Å². The lowest BCUT2D eigenvalue weighted by Crippen LogP contribution is -2.67. The minimum Gasteiger partial charge on any atom is -0.469 e. The number of carbonyl (C=O) groups excluding carboxylic acids is 2. The number of methoxy groups -OCH3 is 1. The van der Waals surface area contributed by atoms with Gasteiger partial charge in [0.15, 0.2) is 12.6 Å². The Morgan fingerprint density at radius 2 is 0.784 bits per heavy atom. The molecule has 6 fully saturated rings. The predicted octanol–water partition coefficient (Wildman–Crippen LogP) is 18.8. The molecule has 16 nitrogen and oxygen atoms in total. The molecule has 15 rings (SSSR count). The number of esters is 2. The third kappa shape index (κ3) is 20.4. The average molecular weight is 1570 g/mol. The van der Waals surface area contributed by atoms with Gasteiger partial charge in [-0.2, -0.15) is 0 Å². The van der Waals surface area contributed by atoms with Crippen molar-refractivity contribution in [2.75, 3.05) is 20.3 Å². The minimum atomic E-state index is -1.02. The maximum atomic E-state index is 14.4. The van der Waals surface area contributed by atoms with E-state index < -0.39 is 79.0 Å². The van der Waals surface area contributed by atoms with Crippen LogP contribution in [-0.4, -0.2) is 112 Å². The summed E-state index contributed by atoms with van der Waals surface area (Å²) in [5, 5.41) is 0. The SMILES string of the molecule is COC(=O)CC[C@@H](C)[C@H]1CC[C@H]2[C@@H]3[C@H](O[C@H]4O[C@H](COCc5ccccc5)[C@@H](OCc5ccccc5)[C@H](OCc5ccccc5)[C@H]4OCc4ccccc4)C[C@H]4C[C@H](OC(=O)c5ccccc5)CC[C@]4(C)[C@H]3C[C@H](O[C@H]3O[C@H](COCc4ccccc4)[C@@H](OCc4ccccc4)[C@H](OCc4ccccc4)[C@H]3OCc3ccccc3)[C@]12C. The van der Waals surface area contributed by atoms with Gasteiger partial charge in [-0.3, -0.25) is 4.79 Å². The molecule has 16 heteroatoms. The highest BCUT2D eigenvalue weighted by Crippen LogP contribution is 2.70. The fourth-order valence-electron chi connectivity index (χ4n) is 20.0. The van der Waals surface area contributed by atoms with Crippen LogP contribution >= 0.6 is 0 Å². The first-order valence-corrected chi connectivity index (χ1v) is 42.0. The van der Waals surface area contributed by atoms with Crippen molar-refractivity contribution in [2.45, 2.75) is 211 Å². The molecule has 4 aliphatic carbocycles. The Labute approximate surface area is 685 Å². The van der Waals surface area contributed by atoms with E-state index in [1.807, 2.05) is 176 Å². The van der Waals surface area contributed by atoms with Gasteiger partial charge >= 0.3 is 11.9 Å². The van der Waals surface area contributed by atoms with Crippen molar-refractivity contribution >= 4 is 11.9 Å². The monoisotopic (exact) mass is 1570 g/mol. The van der Waals surface area contributed by atoms with Crippen LogP contribution in [0.5, 0.6) is 0 Å². The number of rotatable bonds is 36.